The van der Waals surface area contributed by atoms with Gasteiger partial charge in [0.25, 0.3) is 5.91 Å². The van der Waals surface area contributed by atoms with Crippen LogP contribution in [0.5, 0.6) is 0 Å². The van der Waals surface area contributed by atoms with Gasteiger partial charge in [-0.15, -0.1) is 0 Å². The molecule has 3 heterocycles. The van der Waals surface area contributed by atoms with E-state index in [-0.39, 0.29) is 11.7 Å². The molecule has 0 radical (unpaired) electrons. The first kappa shape index (κ1) is 23.4. The lowest BCUT2D eigenvalue weighted by Crippen LogP contribution is -2.35. The summed E-state index contributed by atoms with van der Waals surface area (Å²) in [5.74, 6) is 0.826. The Morgan fingerprint density at radius 1 is 1.15 bits per heavy atom. The minimum absolute atomic E-state index is 0.220. The first-order valence-electron chi connectivity index (χ1n) is 11.1. The van der Waals surface area contributed by atoms with Crippen LogP contribution in [-0.4, -0.2) is 34.7 Å². The second-order valence-corrected chi connectivity index (χ2v) is 8.82. The molecule has 1 aromatic carbocycles. The van der Waals surface area contributed by atoms with Crippen LogP contribution in [0.25, 0.3) is 0 Å². The fourth-order valence-corrected chi connectivity index (χ4v) is 4.35. The van der Waals surface area contributed by atoms with Gasteiger partial charge in [-0.25, -0.2) is 4.98 Å². The molecule has 0 unspecified atom stereocenters. The van der Waals surface area contributed by atoms with Gasteiger partial charge >= 0.3 is 0 Å². The maximum absolute atomic E-state index is 12.8. The zero-order valence-electron chi connectivity index (χ0n) is 18.6. The van der Waals surface area contributed by atoms with Gasteiger partial charge in [0.15, 0.2) is 5.82 Å². The normalized spacial score (nSPS) is 13.8. The molecule has 0 aliphatic carbocycles. The molecule has 1 aliphatic rings. The number of halogens is 1. The molecule has 1 saturated heterocycles. The molecule has 1 fully saturated rings. The Hall–Kier alpha value is -3.76. The van der Waals surface area contributed by atoms with Gasteiger partial charge in [-0.05, 0) is 54.7 Å². The molecule has 4 rings (SSSR count). The SMILES string of the molecule is N#Cc1cnc(N2CCC(CC(=O)Cc3cccnc3)CC2)c(NC(=O)c2cccc(Cl)c2)c1. The lowest BCUT2D eigenvalue weighted by molar-refractivity contribution is -0.119. The monoisotopic (exact) mass is 473 g/mol. The van der Waals surface area contributed by atoms with Crippen LogP contribution >= 0.6 is 11.6 Å². The van der Waals surface area contributed by atoms with Crippen molar-refractivity contribution in [2.45, 2.75) is 25.7 Å². The highest BCUT2D eigenvalue weighted by molar-refractivity contribution is 6.31. The van der Waals surface area contributed by atoms with Crippen molar-refractivity contribution in [3.8, 4) is 6.07 Å². The minimum atomic E-state index is -0.323. The van der Waals surface area contributed by atoms with E-state index in [9.17, 15) is 14.9 Å². The number of piperidine rings is 1. The summed E-state index contributed by atoms with van der Waals surface area (Å²) in [6.45, 7) is 1.42. The molecule has 0 atom stereocenters. The highest BCUT2D eigenvalue weighted by Gasteiger charge is 2.25. The van der Waals surface area contributed by atoms with Crippen molar-refractivity contribution in [1.29, 1.82) is 5.26 Å². The summed E-state index contributed by atoms with van der Waals surface area (Å²) in [5.41, 5.74) is 2.20. The van der Waals surface area contributed by atoms with E-state index >= 15 is 0 Å². The smallest absolute Gasteiger partial charge is 0.255 e. The van der Waals surface area contributed by atoms with Crippen molar-refractivity contribution < 1.29 is 9.59 Å². The molecule has 0 bridgehead atoms. The second kappa shape index (κ2) is 10.9. The molecule has 2 aromatic heterocycles. The van der Waals surface area contributed by atoms with Gasteiger partial charge in [0.2, 0.25) is 0 Å². The quantitative estimate of drug-likeness (QED) is 0.535. The Bertz CT molecular complexity index is 1220. The van der Waals surface area contributed by atoms with Crippen LogP contribution in [0.3, 0.4) is 0 Å². The Labute approximate surface area is 203 Å². The maximum atomic E-state index is 12.8. The van der Waals surface area contributed by atoms with E-state index in [0.29, 0.717) is 59.5 Å². The molecule has 172 valence electrons. The fraction of sp³-hybridized carbons (Fsp3) is 0.269. The molecule has 3 aromatic rings. The van der Waals surface area contributed by atoms with Crippen LogP contribution in [0.15, 0.2) is 61.1 Å². The number of hydrogen-bond acceptors (Lipinski definition) is 6. The molecule has 0 saturated carbocycles. The van der Waals surface area contributed by atoms with E-state index in [1.165, 1.54) is 6.20 Å². The molecule has 1 aliphatic heterocycles. The summed E-state index contributed by atoms with van der Waals surface area (Å²) in [6, 6.07) is 14.1. The first-order valence-corrected chi connectivity index (χ1v) is 11.5. The first-order chi connectivity index (χ1) is 16.5. The maximum Gasteiger partial charge on any atom is 0.255 e. The van der Waals surface area contributed by atoms with Crippen molar-refractivity contribution in [3.63, 3.8) is 0 Å². The zero-order valence-corrected chi connectivity index (χ0v) is 19.3. The average molecular weight is 474 g/mol. The number of pyridine rings is 2. The molecule has 1 amide bonds. The van der Waals surface area contributed by atoms with Gasteiger partial charge in [-0.2, -0.15) is 5.26 Å². The van der Waals surface area contributed by atoms with Gasteiger partial charge in [0.05, 0.1) is 11.3 Å². The summed E-state index contributed by atoms with van der Waals surface area (Å²) in [5, 5.41) is 12.7. The number of benzene rings is 1. The Morgan fingerprint density at radius 2 is 1.97 bits per heavy atom. The van der Waals surface area contributed by atoms with Gasteiger partial charge in [0.1, 0.15) is 11.9 Å². The lowest BCUT2D eigenvalue weighted by Gasteiger charge is -2.33. The second-order valence-electron chi connectivity index (χ2n) is 8.38. The number of ketones is 1. The van der Waals surface area contributed by atoms with E-state index in [0.717, 1.165) is 18.4 Å². The zero-order chi connectivity index (χ0) is 23.9. The number of nitriles is 1. The summed E-state index contributed by atoms with van der Waals surface area (Å²) in [7, 11) is 0. The standard InChI is InChI=1S/C26H24ClN5O2/c27-22-5-1-4-21(14-22)26(34)31-24-13-20(15-28)17-30-25(24)32-9-6-18(7-10-32)11-23(33)12-19-3-2-8-29-16-19/h1-5,8,13-14,16-18H,6-7,9-12H2,(H,31,34). The largest absolute Gasteiger partial charge is 0.355 e. The van der Waals surface area contributed by atoms with Gasteiger partial charge in [-0.1, -0.05) is 23.7 Å². The molecule has 8 heteroatoms. The molecule has 0 spiro atoms. The van der Waals surface area contributed by atoms with Gasteiger partial charge in [-0.3, -0.25) is 14.6 Å². The van der Waals surface area contributed by atoms with Crippen LogP contribution in [0.2, 0.25) is 5.02 Å². The summed E-state index contributed by atoms with van der Waals surface area (Å²) in [6.07, 6.45) is 7.59. The van der Waals surface area contributed by atoms with Crippen LogP contribution < -0.4 is 10.2 Å². The van der Waals surface area contributed by atoms with Crippen molar-refractivity contribution in [3.05, 3.63) is 82.8 Å². The van der Waals surface area contributed by atoms with E-state index < -0.39 is 0 Å². The van der Waals surface area contributed by atoms with Crippen molar-refractivity contribution >= 4 is 34.8 Å². The third kappa shape index (κ3) is 5.97. The lowest BCUT2D eigenvalue weighted by atomic mass is 9.90. The number of nitrogens with one attached hydrogen (secondary N) is 1. The van der Waals surface area contributed by atoms with Crippen molar-refractivity contribution in [1.82, 2.24) is 9.97 Å². The number of carbonyl (C=O) groups excluding carboxylic acids is 2. The van der Waals surface area contributed by atoms with Crippen LogP contribution in [0.4, 0.5) is 11.5 Å². The Kier molecular flexibility index (Phi) is 7.51. The number of carbonyl (C=O) groups is 2. The Morgan fingerprint density at radius 3 is 2.68 bits per heavy atom. The topological polar surface area (TPSA) is 99.0 Å². The van der Waals surface area contributed by atoms with E-state index in [2.05, 4.69) is 26.3 Å². The number of nitrogens with zero attached hydrogens (tertiary/aromatic N) is 4. The van der Waals surface area contributed by atoms with E-state index in [1.54, 1.807) is 42.7 Å². The molecule has 1 N–H and O–H groups in total. The third-order valence-corrected chi connectivity index (χ3v) is 6.12. The third-order valence-electron chi connectivity index (χ3n) is 5.89. The predicted octanol–water partition coefficient (Wildman–Crippen LogP) is 4.67. The van der Waals surface area contributed by atoms with Crippen LogP contribution in [0, 0.1) is 17.2 Å². The molecular formula is C26H24ClN5O2. The van der Waals surface area contributed by atoms with Gasteiger partial charge < -0.3 is 10.2 Å². The average Bonchev–Trinajstić information content (AvgIpc) is 2.85. The number of anilines is 2. The highest BCUT2D eigenvalue weighted by atomic mass is 35.5. The molecule has 7 nitrogen and oxygen atoms in total. The number of Topliss-reactive ketones (excluding diaryl/α,β-unsaturated/α-hetero) is 1. The van der Waals surface area contributed by atoms with Crippen molar-refractivity contribution in [2.24, 2.45) is 5.92 Å². The summed E-state index contributed by atoms with van der Waals surface area (Å²) < 4.78 is 0. The number of hydrogen-bond donors (Lipinski definition) is 1. The van der Waals surface area contributed by atoms with Crippen LogP contribution in [-0.2, 0) is 11.2 Å². The van der Waals surface area contributed by atoms with Crippen LogP contribution in [0.1, 0.15) is 40.7 Å². The minimum Gasteiger partial charge on any atom is -0.355 e. The summed E-state index contributed by atoms with van der Waals surface area (Å²) >= 11 is 6.02. The molecule has 34 heavy (non-hydrogen) atoms. The molecular weight excluding hydrogens is 450 g/mol. The predicted molar refractivity (Wildman–Crippen MR) is 131 cm³/mol. The number of rotatable bonds is 7. The fourth-order valence-electron chi connectivity index (χ4n) is 4.16. The Balaban J connectivity index is 1.41. The van der Waals surface area contributed by atoms with Crippen molar-refractivity contribution in [2.75, 3.05) is 23.3 Å². The number of amides is 1. The highest BCUT2D eigenvalue weighted by Crippen LogP contribution is 2.30. The van der Waals surface area contributed by atoms with E-state index in [1.807, 2.05) is 12.1 Å². The number of aromatic nitrogens is 2. The van der Waals surface area contributed by atoms with Gasteiger partial charge in [0, 0.05) is 55.1 Å². The summed E-state index contributed by atoms with van der Waals surface area (Å²) in [4.78, 5) is 35.9. The van der Waals surface area contributed by atoms with E-state index in [4.69, 9.17) is 11.6 Å².